The molecule has 1 amide bonds. The molecule has 4 atom stereocenters. The summed E-state index contributed by atoms with van der Waals surface area (Å²) in [6.45, 7) is 3.39. The molecule has 4 aromatic rings. The van der Waals surface area contributed by atoms with E-state index < -0.39 is 36.2 Å². The summed E-state index contributed by atoms with van der Waals surface area (Å²) in [5.74, 6) is -5.38. The van der Waals surface area contributed by atoms with Gasteiger partial charge < -0.3 is 35.2 Å². The Bertz CT molecular complexity index is 2210. The lowest BCUT2D eigenvalue weighted by atomic mass is 9.95. The predicted molar refractivity (Wildman–Crippen MR) is 202 cm³/mol. The third-order valence-corrected chi connectivity index (χ3v) is 11.2. The highest BCUT2D eigenvalue weighted by Gasteiger charge is 2.50. The standard InChI is InChI=1S/C34H37ClFN7O3.2C2HF3O2/c1-45-33(44)38-15-23-11-13-34(12-4-14-43(23)34)19-46-32-40-30-25(31(41-32)42-17-21-9-10-22(18-42)39-21)16-37-29(28(30)36)24-7-2-5-20-6-3-8-26(35)27(20)24;2*3-2(4,5)1(6)7/h2-3,5-8,16,21-23,39H,4,9-15,17-19H2,1H3,(H,38,44);2*(H,6,7). The number of anilines is 1. The molecule has 22 heteroatoms. The van der Waals surface area contributed by atoms with Crippen molar-refractivity contribution < 1.29 is 64.8 Å². The lowest BCUT2D eigenvalue weighted by Crippen LogP contribution is -2.51. The van der Waals surface area contributed by atoms with Gasteiger partial charge in [-0.15, -0.1) is 0 Å². The van der Waals surface area contributed by atoms with Gasteiger partial charge in [-0.3, -0.25) is 9.88 Å². The van der Waals surface area contributed by atoms with Gasteiger partial charge in [-0.25, -0.2) is 18.8 Å². The first kappa shape index (κ1) is 44.3. The predicted octanol–water partition coefficient (Wildman–Crippen LogP) is 6.58. The number of hydrogen-bond donors (Lipinski definition) is 4. The van der Waals surface area contributed by atoms with Crippen LogP contribution in [0.1, 0.15) is 38.5 Å². The number of fused-ring (bicyclic) bond motifs is 5. The number of alkyl carbamates (subject to hydrolysis) is 1. The van der Waals surface area contributed by atoms with Gasteiger partial charge in [-0.2, -0.15) is 36.3 Å². The molecule has 8 rings (SSSR count). The van der Waals surface area contributed by atoms with E-state index in [1.165, 1.54) is 7.11 Å². The Balaban J connectivity index is 0.000000373. The molecular weight excluding hydrogens is 835 g/mol. The molecule has 60 heavy (non-hydrogen) atoms. The van der Waals surface area contributed by atoms with Crippen LogP contribution in [0.2, 0.25) is 5.02 Å². The highest BCUT2D eigenvalue weighted by atomic mass is 35.5. The molecule has 4 aliphatic rings. The number of halogens is 8. The lowest BCUT2D eigenvalue weighted by molar-refractivity contribution is -0.193. The number of amides is 1. The fourth-order valence-corrected chi connectivity index (χ4v) is 8.56. The summed E-state index contributed by atoms with van der Waals surface area (Å²) in [5.41, 5.74) is 0.812. The van der Waals surface area contributed by atoms with Crippen LogP contribution in [0.3, 0.4) is 0 Å². The van der Waals surface area contributed by atoms with Gasteiger partial charge in [-0.1, -0.05) is 41.9 Å². The van der Waals surface area contributed by atoms with E-state index in [-0.39, 0.29) is 28.8 Å². The number of hydrogen-bond acceptors (Lipinski definition) is 11. The zero-order chi connectivity index (χ0) is 43.6. The van der Waals surface area contributed by atoms with Crippen LogP contribution in [0, 0.1) is 5.82 Å². The number of benzene rings is 2. The van der Waals surface area contributed by atoms with Crippen LogP contribution < -0.4 is 20.3 Å². The first-order valence-electron chi connectivity index (χ1n) is 18.7. The fourth-order valence-electron chi connectivity index (χ4n) is 8.28. The number of aliphatic carboxylic acids is 2. The van der Waals surface area contributed by atoms with E-state index >= 15 is 4.39 Å². The largest absolute Gasteiger partial charge is 0.490 e. The Hall–Kier alpha value is -5.28. The van der Waals surface area contributed by atoms with Crippen LogP contribution in [-0.4, -0.2) is 124 Å². The number of methoxy groups -OCH3 is 1. The molecule has 4 fully saturated rings. The minimum Gasteiger partial charge on any atom is -0.475 e. The van der Waals surface area contributed by atoms with Gasteiger partial charge in [0, 0.05) is 59.9 Å². The molecule has 4 unspecified atom stereocenters. The van der Waals surface area contributed by atoms with E-state index in [1.54, 1.807) is 6.20 Å². The molecule has 2 aromatic carbocycles. The average Bonchev–Trinajstić information content (AvgIpc) is 3.88. The second kappa shape index (κ2) is 17.7. The van der Waals surface area contributed by atoms with Gasteiger partial charge in [0.05, 0.1) is 18.0 Å². The highest BCUT2D eigenvalue weighted by molar-refractivity contribution is 6.36. The third kappa shape index (κ3) is 9.68. The van der Waals surface area contributed by atoms with Crippen LogP contribution in [-0.2, 0) is 14.3 Å². The van der Waals surface area contributed by atoms with Crippen molar-refractivity contribution in [2.24, 2.45) is 0 Å². The summed E-state index contributed by atoms with van der Waals surface area (Å²) in [7, 11) is 1.38. The first-order valence-corrected chi connectivity index (χ1v) is 19.1. The molecule has 14 nitrogen and oxygen atoms in total. The van der Waals surface area contributed by atoms with E-state index in [1.807, 2.05) is 36.4 Å². The van der Waals surface area contributed by atoms with Crippen LogP contribution in [0.4, 0.5) is 41.3 Å². The first-order chi connectivity index (χ1) is 28.3. The number of carboxylic acids is 2. The van der Waals surface area contributed by atoms with Crippen molar-refractivity contribution in [3.05, 3.63) is 53.4 Å². The smallest absolute Gasteiger partial charge is 0.475 e. The quantitative estimate of drug-likeness (QED) is 0.147. The molecule has 2 aromatic heterocycles. The maximum Gasteiger partial charge on any atom is 0.490 e. The van der Waals surface area contributed by atoms with Crippen molar-refractivity contribution in [1.82, 2.24) is 30.5 Å². The summed E-state index contributed by atoms with van der Waals surface area (Å²) in [5, 5.41) is 23.5. The van der Waals surface area contributed by atoms with Crippen molar-refractivity contribution in [2.75, 3.05) is 44.8 Å². The topological polar surface area (TPSA) is 179 Å². The van der Waals surface area contributed by atoms with Crippen molar-refractivity contribution in [2.45, 2.75) is 74.5 Å². The SMILES string of the molecule is COC(=O)NCC1CCC2(COc3nc(N4CC5CCC(C4)N5)c4cnc(-c5cccc6cccc(Cl)c56)c(F)c4n3)CCCN12.O=C(O)C(F)(F)F.O=C(O)C(F)(F)F. The zero-order valence-electron chi connectivity index (χ0n) is 31.7. The van der Waals surface area contributed by atoms with Crippen molar-refractivity contribution in [1.29, 1.82) is 0 Å². The van der Waals surface area contributed by atoms with E-state index in [0.29, 0.717) is 47.0 Å². The average molecular weight is 874 g/mol. The van der Waals surface area contributed by atoms with Crippen LogP contribution >= 0.6 is 11.6 Å². The molecule has 2 bridgehead atoms. The van der Waals surface area contributed by atoms with E-state index in [9.17, 15) is 31.1 Å². The Kier molecular flexibility index (Phi) is 13.1. The number of ether oxygens (including phenoxy) is 2. The van der Waals surface area contributed by atoms with Gasteiger partial charge in [0.25, 0.3) is 0 Å². The van der Waals surface area contributed by atoms with Crippen LogP contribution in [0.5, 0.6) is 6.01 Å². The summed E-state index contributed by atoms with van der Waals surface area (Å²) in [6, 6.07) is 12.4. The van der Waals surface area contributed by atoms with Crippen molar-refractivity contribution in [3.8, 4) is 17.3 Å². The molecule has 4 aliphatic heterocycles. The number of carbonyl (C=O) groups excluding carboxylic acids is 1. The molecule has 0 saturated carbocycles. The number of nitrogens with zero attached hydrogens (tertiary/aromatic N) is 5. The Morgan fingerprint density at radius 3 is 2.22 bits per heavy atom. The molecule has 324 valence electrons. The van der Waals surface area contributed by atoms with Gasteiger partial charge in [-0.05, 0) is 56.5 Å². The number of rotatable bonds is 7. The number of nitrogens with one attached hydrogen (secondary N) is 2. The summed E-state index contributed by atoms with van der Waals surface area (Å²) in [6.07, 6.45) is -2.78. The lowest BCUT2D eigenvalue weighted by Gasteiger charge is -2.35. The minimum atomic E-state index is -5.08. The van der Waals surface area contributed by atoms with E-state index in [2.05, 4.69) is 25.4 Å². The van der Waals surface area contributed by atoms with Gasteiger partial charge in [0.15, 0.2) is 5.82 Å². The second-order valence-electron chi connectivity index (χ2n) is 14.7. The fraction of sp³-hybridized carbons (Fsp3) is 0.474. The third-order valence-electron chi connectivity index (χ3n) is 10.9. The Labute approximate surface area is 342 Å². The van der Waals surface area contributed by atoms with Crippen LogP contribution in [0.15, 0.2) is 42.6 Å². The summed E-state index contributed by atoms with van der Waals surface area (Å²) in [4.78, 5) is 48.5. The molecule has 0 aliphatic carbocycles. The number of piperazine rings is 1. The zero-order valence-corrected chi connectivity index (χ0v) is 32.5. The molecule has 0 radical (unpaired) electrons. The Morgan fingerprint density at radius 2 is 1.60 bits per heavy atom. The minimum absolute atomic E-state index is 0.165. The van der Waals surface area contributed by atoms with Crippen molar-refractivity contribution in [3.63, 3.8) is 0 Å². The van der Waals surface area contributed by atoms with E-state index in [0.717, 1.165) is 68.9 Å². The maximum absolute atomic E-state index is 16.8. The molecule has 4 saturated heterocycles. The van der Waals surface area contributed by atoms with Gasteiger partial charge in [0.2, 0.25) is 0 Å². The maximum atomic E-state index is 16.8. The number of alkyl halides is 6. The normalized spacial score (nSPS) is 22.4. The van der Waals surface area contributed by atoms with E-state index in [4.69, 9.17) is 50.8 Å². The molecule has 6 heterocycles. The van der Waals surface area contributed by atoms with Gasteiger partial charge in [0.1, 0.15) is 23.6 Å². The Morgan fingerprint density at radius 1 is 0.967 bits per heavy atom. The number of pyridine rings is 1. The monoisotopic (exact) mass is 873 g/mol. The van der Waals surface area contributed by atoms with Crippen LogP contribution in [0.25, 0.3) is 32.9 Å². The highest BCUT2D eigenvalue weighted by Crippen LogP contribution is 2.43. The summed E-state index contributed by atoms with van der Waals surface area (Å²) < 4.78 is 91.5. The second-order valence-corrected chi connectivity index (χ2v) is 15.1. The van der Waals surface area contributed by atoms with Crippen molar-refractivity contribution >= 4 is 57.1 Å². The molecular formula is C38H39ClF7N7O7. The number of carbonyl (C=O) groups is 3. The number of aromatic nitrogens is 3. The number of carboxylic acid groups (broad SMARTS) is 2. The molecule has 4 N–H and O–H groups in total. The summed E-state index contributed by atoms with van der Waals surface area (Å²) >= 11 is 6.63. The van der Waals surface area contributed by atoms with Gasteiger partial charge >= 0.3 is 36.4 Å². The molecule has 0 spiro atoms.